The van der Waals surface area contributed by atoms with E-state index in [1.165, 1.54) is 12.1 Å². The number of amides is 1. The van der Waals surface area contributed by atoms with Gasteiger partial charge in [-0.25, -0.2) is 0 Å². The summed E-state index contributed by atoms with van der Waals surface area (Å²) in [5.74, 6) is -0.338. The zero-order chi connectivity index (χ0) is 27.4. The second-order valence-electron chi connectivity index (χ2n) is 8.69. The quantitative estimate of drug-likeness (QED) is 0.288. The van der Waals surface area contributed by atoms with Crippen LogP contribution in [0, 0.1) is 6.92 Å². The van der Waals surface area contributed by atoms with Crippen LogP contribution >= 0.6 is 23.2 Å². The van der Waals surface area contributed by atoms with Crippen molar-refractivity contribution in [3.63, 3.8) is 0 Å². The van der Waals surface area contributed by atoms with Crippen molar-refractivity contribution in [2.45, 2.75) is 18.2 Å². The molecule has 3 N–H and O–H groups in total. The maximum atomic E-state index is 11.4. The summed E-state index contributed by atoms with van der Waals surface area (Å²) in [5, 5.41) is 2.24. The zero-order valence-electron chi connectivity index (χ0n) is 20.4. The van der Waals surface area contributed by atoms with Crippen LogP contribution in [0.3, 0.4) is 0 Å². The van der Waals surface area contributed by atoms with Crippen LogP contribution in [-0.2, 0) is 14.9 Å². The maximum absolute atomic E-state index is 11.4. The van der Waals surface area contributed by atoms with Crippen molar-refractivity contribution in [2.75, 3.05) is 18.0 Å². The fourth-order valence-electron chi connectivity index (χ4n) is 4.25. The lowest BCUT2D eigenvalue weighted by molar-refractivity contribution is -0.114. The number of para-hydroxylation sites is 1. The third kappa shape index (κ3) is 6.34. The first-order valence-electron chi connectivity index (χ1n) is 11.7. The average molecular weight is 570 g/mol. The molecule has 196 valence electrons. The number of carbonyl (C=O) groups is 1. The normalized spacial score (nSPS) is 13.5. The molecule has 38 heavy (non-hydrogen) atoms. The van der Waals surface area contributed by atoms with E-state index in [1.54, 1.807) is 24.3 Å². The summed E-state index contributed by atoms with van der Waals surface area (Å²) >= 11 is 12.5. The number of fused-ring (bicyclic) bond motifs is 1. The lowest BCUT2D eigenvalue weighted by Crippen LogP contribution is -2.31. The van der Waals surface area contributed by atoms with E-state index in [9.17, 15) is 13.2 Å². The first-order chi connectivity index (χ1) is 18.0. The Labute approximate surface area is 231 Å². The molecule has 0 fully saturated rings. The van der Waals surface area contributed by atoms with E-state index in [4.69, 9.17) is 38.5 Å². The van der Waals surface area contributed by atoms with Crippen LogP contribution in [0.5, 0.6) is 0 Å². The summed E-state index contributed by atoms with van der Waals surface area (Å²) in [4.78, 5) is 18.4. The Balaban J connectivity index is 0.000000283. The Morgan fingerprint density at radius 1 is 1.00 bits per heavy atom. The Hall–Kier alpha value is -3.43. The topological polar surface area (TPSA) is 114 Å². The highest BCUT2D eigenvalue weighted by Crippen LogP contribution is 2.37. The minimum atomic E-state index is -4.00. The number of rotatable bonds is 4. The maximum Gasteiger partial charge on any atom is 0.294 e. The number of anilines is 1. The SMILES string of the molecule is Cc1cc(N2CC=C(C(N)=O)CC2)c2cccc(-c3ccc(Cl)cc3Cl)c2n1.O=S(=O)(O)c1ccccc1. The lowest BCUT2D eigenvalue weighted by atomic mass is 9.99. The Kier molecular flexibility index (Phi) is 8.38. The molecule has 1 aromatic heterocycles. The van der Waals surface area contributed by atoms with Crippen LogP contribution in [-0.4, -0.2) is 37.0 Å². The number of carbonyl (C=O) groups excluding carboxylic acids is 1. The first-order valence-corrected chi connectivity index (χ1v) is 13.9. The molecule has 0 unspecified atom stereocenters. The molecule has 10 heteroatoms. The molecule has 2 heterocycles. The van der Waals surface area contributed by atoms with Crippen LogP contribution in [0.2, 0.25) is 10.0 Å². The van der Waals surface area contributed by atoms with E-state index in [0.29, 0.717) is 28.6 Å². The molecule has 5 rings (SSSR count). The van der Waals surface area contributed by atoms with Gasteiger partial charge in [0.15, 0.2) is 0 Å². The van der Waals surface area contributed by atoms with Gasteiger partial charge in [0.25, 0.3) is 10.1 Å². The van der Waals surface area contributed by atoms with Gasteiger partial charge in [-0.05, 0) is 43.7 Å². The average Bonchev–Trinajstić information content (AvgIpc) is 2.89. The Bertz CT molecular complexity index is 1640. The van der Waals surface area contributed by atoms with Crippen molar-refractivity contribution in [1.29, 1.82) is 0 Å². The lowest BCUT2D eigenvalue weighted by Gasteiger charge is -2.29. The van der Waals surface area contributed by atoms with E-state index in [2.05, 4.69) is 17.0 Å². The molecule has 0 aliphatic carbocycles. The predicted octanol–water partition coefficient (Wildman–Crippen LogP) is 6.07. The molecule has 0 spiro atoms. The molecule has 0 atom stereocenters. The highest BCUT2D eigenvalue weighted by Gasteiger charge is 2.19. The summed E-state index contributed by atoms with van der Waals surface area (Å²) < 4.78 is 29.2. The molecule has 0 radical (unpaired) electrons. The van der Waals surface area contributed by atoms with Crippen molar-refractivity contribution < 1.29 is 17.8 Å². The molecule has 0 saturated heterocycles. The molecule has 1 aliphatic heterocycles. The molecular weight excluding hydrogens is 545 g/mol. The Morgan fingerprint density at radius 2 is 1.74 bits per heavy atom. The fourth-order valence-corrected chi connectivity index (χ4v) is 5.26. The van der Waals surface area contributed by atoms with Crippen LogP contribution in [0.4, 0.5) is 5.69 Å². The number of hydrogen-bond donors (Lipinski definition) is 2. The molecule has 4 aromatic rings. The van der Waals surface area contributed by atoms with Gasteiger partial charge < -0.3 is 10.6 Å². The summed E-state index contributed by atoms with van der Waals surface area (Å²) in [6, 6.07) is 21.1. The largest absolute Gasteiger partial charge is 0.367 e. The third-order valence-electron chi connectivity index (χ3n) is 6.07. The fraction of sp³-hybridized carbons (Fsp3) is 0.143. The van der Waals surface area contributed by atoms with Gasteiger partial charge >= 0.3 is 0 Å². The number of hydrogen-bond acceptors (Lipinski definition) is 5. The smallest absolute Gasteiger partial charge is 0.294 e. The molecule has 1 aliphatic rings. The molecule has 7 nitrogen and oxygen atoms in total. The second-order valence-corrected chi connectivity index (χ2v) is 11.0. The number of benzene rings is 3. The molecular formula is C28H25Cl2N3O4S. The monoisotopic (exact) mass is 569 g/mol. The van der Waals surface area contributed by atoms with Crippen molar-refractivity contribution in [2.24, 2.45) is 5.73 Å². The summed E-state index contributed by atoms with van der Waals surface area (Å²) in [6.07, 6.45) is 2.55. The van der Waals surface area contributed by atoms with E-state index in [1.807, 2.05) is 37.3 Å². The van der Waals surface area contributed by atoms with Gasteiger partial charge in [-0.2, -0.15) is 8.42 Å². The Morgan fingerprint density at radius 3 is 2.32 bits per heavy atom. The van der Waals surface area contributed by atoms with Crippen molar-refractivity contribution in [1.82, 2.24) is 4.98 Å². The molecule has 1 amide bonds. The minimum Gasteiger partial charge on any atom is -0.367 e. The number of aromatic nitrogens is 1. The molecule has 0 saturated carbocycles. The highest BCUT2D eigenvalue weighted by molar-refractivity contribution is 7.85. The van der Waals surface area contributed by atoms with Crippen LogP contribution in [0.15, 0.2) is 89.3 Å². The van der Waals surface area contributed by atoms with E-state index >= 15 is 0 Å². The van der Waals surface area contributed by atoms with Gasteiger partial charge in [-0.3, -0.25) is 14.3 Å². The van der Waals surface area contributed by atoms with E-state index in [0.717, 1.165) is 40.0 Å². The molecule has 3 aromatic carbocycles. The summed E-state index contributed by atoms with van der Waals surface area (Å²) in [5.41, 5.74) is 10.9. The van der Waals surface area contributed by atoms with Gasteiger partial charge in [0, 0.05) is 56.6 Å². The number of primary amides is 1. The summed E-state index contributed by atoms with van der Waals surface area (Å²) in [7, 11) is -4.00. The van der Waals surface area contributed by atoms with Crippen molar-refractivity contribution in [3.05, 3.63) is 100 Å². The number of nitrogens with two attached hydrogens (primary N) is 1. The number of halogens is 2. The van der Waals surface area contributed by atoms with Crippen LogP contribution < -0.4 is 10.6 Å². The van der Waals surface area contributed by atoms with E-state index < -0.39 is 10.1 Å². The van der Waals surface area contributed by atoms with Crippen LogP contribution in [0.1, 0.15) is 12.1 Å². The van der Waals surface area contributed by atoms with E-state index in [-0.39, 0.29) is 10.8 Å². The van der Waals surface area contributed by atoms with Crippen molar-refractivity contribution in [3.8, 4) is 11.1 Å². The van der Waals surface area contributed by atoms with Gasteiger partial charge in [-0.1, -0.05) is 71.7 Å². The minimum absolute atomic E-state index is 0.0741. The number of nitrogens with zero attached hydrogens (tertiary/aromatic N) is 2. The summed E-state index contributed by atoms with van der Waals surface area (Å²) in [6.45, 7) is 3.36. The predicted molar refractivity (Wildman–Crippen MR) is 152 cm³/mol. The second kappa shape index (κ2) is 11.5. The number of pyridine rings is 1. The van der Waals surface area contributed by atoms with Crippen molar-refractivity contribution >= 4 is 55.8 Å². The number of aryl methyl sites for hydroxylation is 1. The van der Waals surface area contributed by atoms with Gasteiger partial charge in [-0.15, -0.1) is 0 Å². The van der Waals surface area contributed by atoms with Gasteiger partial charge in [0.1, 0.15) is 0 Å². The first kappa shape index (κ1) is 27.6. The van der Waals surface area contributed by atoms with Crippen LogP contribution in [0.25, 0.3) is 22.0 Å². The van der Waals surface area contributed by atoms with Gasteiger partial charge in [0.05, 0.1) is 10.4 Å². The van der Waals surface area contributed by atoms with Gasteiger partial charge in [0.2, 0.25) is 5.91 Å². The molecule has 0 bridgehead atoms. The third-order valence-corrected chi connectivity index (χ3v) is 7.49. The standard InChI is InChI=1S/C22H19Cl2N3O.C6H6O3S/c1-13-11-20(27-9-7-14(8-10-27)22(25)28)18-4-2-3-17(21(18)26-13)16-6-5-15(23)12-19(16)24;7-10(8,9)6-4-2-1-3-5-6/h2-7,11-12H,8-10H2,1H3,(H2,25,28);1-5H,(H,7,8,9). The zero-order valence-corrected chi connectivity index (χ0v) is 22.8. The highest BCUT2D eigenvalue weighted by atomic mass is 35.5.